The van der Waals surface area contributed by atoms with Crippen LogP contribution in [0.25, 0.3) is 0 Å². The van der Waals surface area contributed by atoms with Crippen molar-refractivity contribution in [3.8, 4) is 0 Å². The number of hydrogen-bond donors (Lipinski definition) is 5. The van der Waals surface area contributed by atoms with Crippen molar-refractivity contribution < 1.29 is 33.5 Å². The van der Waals surface area contributed by atoms with Crippen molar-refractivity contribution in [3.05, 3.63) is 0 Å². The first-order chi connectivity index (χ1) is 25.8. The van der Waals surface area contributed by atoms with E-state index in [0.717, 1.165) is 38.5 Å². The average molecular weight is 777 g/mol. The number of phosphoric acid groups is 1. The lowest BCUT2D eigenvalue weighted by molar-refractivity contribution is -0.125. The SMILES string of the molecule is CCCCCCCCCCCCCCCCCCCCCC(O)C(COP(=O)(O)OCCN)NC(=O)CC(O)CCCCCCCCCCCCCC. The zero-order valence-corrected chi connectivity index (χ0v) is 35.8. The molecule has 0 radical (unpaired) electrons. The van der Waals surface area contributed by atoms with Crippen LogP contribution in [0.2, 0.25) is 0 Å². The molecule has 0 spiro atoms. The van der Waals surface area contributed by atoms with Gasteiger partial charge in [-0.3, -0.25) is 13.8 Å². The number of nitrogens with one attached hydrogen (secondary N) is 1. The van der Waals surface area contributed by atoms with Crippen molar-refractivity contribution in [1.29, 1.82) is 0 Å². The van der Waals surface area contributed by atoms with Crippen molar-refractivity contribution in [2.45, 2.75) is 250 Å². The molecule has 0 saturated heterocycles. The molecule has 0 fully saturated rings. The molecule has 0 bridgehead atoms. The minimum Gasteiger partial charge on any atom is -0.393 e. The summed E-state index contributed by atoms with van der Waals surface area (Å²) in [6.45, 7) is 4.07. The summed E-state index contributed by atoms with van der Waals surface area (Å²) in [6.07, 6.45) is 38.6. The molecule has 53 heavy (non-hydrogen) atoms. The summed E-state index contributed by atoms with van der Waals surface area (Å²) in [5, 5.41) is 24.2. The maximum atomic E-state index is 12.8. The zero-order chi connectivity index (χ0) is 39.1. The second kappa shape index (κ2) is 39.7. The molecule has 0 aromatic rings. The molecule has 0 aromatic heterocycles. The van der Waals surface area contributed by atoms with Crippen LogP contribution in [0.5, 0.6) is 0 Å². The number of carbonyl (C=O) groups excluding carboxylic acids is 1. The first-order valence-electron chi connectivity index (χ1n) is 22.7. The summed E-state index contributed by atoms with van der Waals surface area (Å²) < 4.78 is 22.1. The third-order valence-electron chi connectivity index (χ3n) is 10.5. The Bertz CT molecular complexity index is 822. The summed E-state index contributed by atoms with van der Waals surface area (Å²) >= 11 is 0. The van der Waals surface area contributed by atoms with Crippen LogP contribution >= 0.6 is 7.82 Å². The minimum atomic E-state index is -4.37. The predicted molar refractivity (Wildman–Crippen MR) is 223 cm³/mol. The van der Waals surface area contributed by atoms with Crippen LogP contribution in [0.4, 0.5) is 0 Å². The van der Waals surface area contributed by atoms with E-state index in [-0.39, 0.29) is 26.2 Å². The molecule has 9 nitrogen and oxygen atoms in total. The highest BCUT2D eigenvalue weighted by atomic mass is 31.2. The van der Waals surface area contributed by atoms with Crippen molar-refractivity contribution in [1.82, 2.24) is 5.32 Å². The lowest BCUT2D eigenvalue weighted by Crippen LogP contribution is -2.47. The molecular weight excluding hydrogens is 687 g/mol. The molecule has 0 aliphatic heterocycles. The fraction of sp³-hybridized carbons (Fsp3) is 0.977. The highest BCUT2D eigenvalue weighted by Crippen LogP contribution is 2.43. The van der Waals surface area contributed by atoms with Gasteiger partial charge in [0.25, 0.3) is 0 Å². The monoisotopic (exact) mass is 777 g/mol. The van der Waals surface area contributed by atoms with Gasteiger partial charge >= 0.3 is 7.82 Å². The van der Waals surface area contributed by atoms with Crippen LogP contribution in [0.1, 0.15) is 232 Å². The Morgan fingerprint density at radius 3 is 1.26 bits per heavy atom. The fourth-order valence-corrected chi connectivity index (χ4v) is 7.82. The second-order valence-corrected chi connectivity index (χ2v) is 17.3. The third-order valence-corrected chi connectivity index (χ3v) is 11.5. The van der Waals surface area contributed by atoms with Gasteiger partial charge in [0, 0.05) is 6.54 Å². The maximum Gasteiger partial charge on any atom is 0.472 e. The van der Waals surface area contributed by atoms with E-state index in [4.69, 9.17) is 14.8 Å². The molecule has 10 heteroatoms. The first-order valence-corrected chi connectivity index (χ1v) is 24.2. The minimum absolute atomic E-state index is 0.0627. The van der Waals surface area contributed by atoms with Crippen LogP contribution in [0, 0.1) is 0 Å². The number of aliphatic hydroxyl groups excluding tert-OH is 2. The van der Waals surface area contributed by atoms with Gasteiger partial charge in [0.05, 0.1) is 37.9 Å². The Morgan fingerprint density at radius 1 is 0.566 bits per heavy atom. The van der Waals surface area contributed by atoms with Gasteiger partial charge in [-0.15, -0.1) is 0 Å². The highest BCUT2D eigenvalue weighted by molar-refractivity contribution is 7.47. The topological polar surface area (TPSA) is 151 Å². The van der Waals surface area contributed by atoms with Crippen molar-refractivity contribution in [2.75, 3.05) is 19.8 Å². The third kappa shape index (κ3) is 38.1. The normalized spacial score (nSPS) is 14.6. The number of carbonyl (C=O) groups is 1. The van der Waals surface area contributed by atoms with Gasteiger partial charge in [-0.1, -0.05) is 213 Å². The first kappa shape index (κ1) is 52.5. The number of hydrogen-bond acceptors (Lipinski definition) is 7. The summed E-state index contributed by atoms with van der Waals surface area (Å²) in [4.78, 5) is 22.8. The molecule has 0 rings (SSSR count). The second-order valence-electron chi connectivity index (χ2n) is 15.8. The quantitative estimate of drug-likeness (QED) is 0.0303. The van der Waals surface area contributed by atoms with Gasteiger partial charge in [0.15, 0.2) is 0 Å². The molecule has 318 valence electrons. The van der Waals surface area contributed by atoms with Gasteiger partial charge < -0.3 is 26.2 Å². The highest BCUT2D eigenvalue weighted by Gasteiger charge is 2.28. The lowest BCUT2D eigenvalue weighted by atomic mass is 10.0. The number of aliphatic hydroxyl groups is 2. The Hall–Kier alpha value is -0.540. The van der Waals surface area contributed by atoms with Crippen molar-refractivity contribution in [3.63, 3.8) is 0 Å². The standard InChI is InChI=1S/C43H89N2O7P/c1-3-5-7-9-11-13-15-17-18-19-20-21-22-23-25-27-29-31-33-35-42(47)41(39-52-53(49,50)51-37-36-44)45-43(48)38-40(46)34-32-30-28-26-24-16-14-12-10-8-6-4-2/h40-42,46-47H,3-39,44H2,1-2H3,(H,45,48)(H,49,50). The van der Waals surface area contributed by atoms with E-state index < -0.39 is 32.0 Å². The van der Waals surface area contributed by atoms with Gasteiger partial charge in [-0.2, -0.15) is 0 Å². The molecular formula is C43H89N2O7P. The van der Waals surface area contributed by atoms with Gasteiger partial charge in [0.2, 0.25) is 5.91 Å². The van der Waals surface area contributed by atoms with Gasteiger partial charge in [0.1, 0.15) is 0 Å². The van der Waals surface area contributed by atoms with Crippen LogP contribution in [0.3, 0.4) is 0 Å². The van der Waals surface area contributed by atoms with E-state index in [0.29, 0.717) is 12.8 Å². The van der Waals surface area contributed by atoms with E-state index in [2.05, 4.69) is 19.2 Å². The Morgan fingerprint density at radius 2 is 0.906 bits per heavy atom. The van der Waals surface area contributed by atoms with E-state index in [1.165, 1.54) is 161 Å². The van der Waals surface area contributed by atoms with E-state index in [1.54, 1.807) is 0 Å². The number of nitrogens with two attached hydrogens (primary N) is 1. The van der Waals surface area contributed by atoms with Crippen LogP contribution in [-0.4, -0.2) is 59.0 Å². The molecule has 0 saturated carbocycles. The van der Waals surface area contributed by atoms with E-state index in [9.17, 15) is 24.5 Å². The number of rotatable bonds is 43. The molecule has 0 heterocycles. The average Bonchev–Trinajstić information content (AvgIpc) is 3.13. The Labute approximate surface area is 327 Å². The largest absolute Gasteiger partial charge is 0.472 e. The maximum absolute atomic E-state index is 12.8. The summed E-state index contributed by atoms with van der Waals surface area (Å²) in [7, 11) is -4.37. The molecule has 1 amide bonds. The Kier molecular flexibility index (Phi) is 39.3. The predicted octanol–water partition coefficient (Wildman–Crippen LogP) is 11.6. The molecule has 4 atom stereocenters. The number of unbranched alkanes of at least 4 members (excludes halogenated alkanes) is 29. The van der Waals surface area contributed by atoms with Crippen LogP contribution < -0.4 is 11.1 Å². The van der Waals surface area contributed by atoms with Crippen molar-refractivity contribution in [2.24, 2.45) is 5.73 Å². The Balaban J connectivity index is 4.20. The van der Waals surface area contributed by atoms with Gasteiger partial charge in [-0.25, -0.2) is 4.57 Å². The molecule has 0 aliphatic rings. The van der Waals surface area contributed by atoms with Crippen molar-refractivity contribution >= 4 is 13.7 Å². The fourth-order valence-electron chi connectivity index (χ4n) is 7.06. The van der Waals surface area contributed by atoms with Crippen LogP contribution in [0.15, 0.2) is 0 Å². The van der Waals surface area contributed by atoms with Gasteiger partial charge in [-0.05, 0) is 12.8 Å². The lowest BCUT2D eigenvalue weighted by Gasteiger charge is -2.25. The molecule has 0 aromatic carbocycles. The molecule has 6 N–H and O–H groups in total. The number of phosphoric ester groups is 1. The molecule has 4 unspecified atom stereocenters. The summed E-state index contributed by atoms with van der Waals surface area (Å²) in [5.74, 6) is -0.409. The molecule has 0 aliphatic carbocycles. The van der Waals surface area contributed by atoms with E-state index >= 15 is 0 Å². The van der Waals surface area contributed by atoms with Crippen LogP contribution in [-0.2, 0) is 18.4 Å². The zero-order valence-electron chi connectivity index (χ0n) is 34.9. The number of amides is 1. The summed E-state index contributed by atoms with van der Waals surface area (Å²) in [6, 6.07) is -0.890. The van der Waals surface area contributed by atoms with E-state index in [1.807, 2.05) is 0 Å². The smallest absolute Gasteiger partial charge is 0.393 e. The summed E-state index contributed by atoms with van der Waals surface area (Å²) in [5.41, 5.74) is 5.37.